The number of hydrogen-bond donors (Lipinski definition) is 0. The van der Waals surface area contributed by atoms with E-state index in [0.717, 1.165) is 17.7 Å². The molecule has 134 valence electrons. The highest BCUT2D eigenvalue weighted by Gasteiger charge is 2.20. The van der Waals surface area contributed by atoms with Crippen LogP contribution in [0.4, 0.5) is 0 Å². The van der Waals surface area contributed by atoms with Gasteiger partial charge in [0.1, 0.15) is 0 Å². The van der Waals surface area contributed by atoms with Crippen molar-refractivity contribution in [2.45, 2.75) is 58.1 Å². The lowest BCUT2D eigenvalue weighted by Crippen LogP contribution is -2.11. The molecule has 1 aromatic rings. The van der Waals surface area contributed by atoms with E-state index in [1.807, 2.05) is 48.6 Å². The zero-order valence-corrected chi connectivity index (χ0v) is 16.3. The van der Waals surface area contributed by atoms with Gasteiger partial charge < -0.3 is 4.74 Å². The molecule has 24 heavy (non-hydrogen) atoms. The predicted octanol–water partition coefficient (Wildman–Crippen LogP) is 5.03. The fourth-order valence-electron chi connectivity index (χ4n) is 2.16. The van der Waals surface area contributed by atoms with Gasteiger partial charge in [-0.25, -0.2) is 4.79 Å². The molecule has 0 aliphatic heterocycles. The van der Waals surface area contributed by atoms with E-state index in [4.69, 9.17) is 4.74 Å². The lowest BCUT2D eigenvalue weighted by molar-refractivity contribution is 0.0517. The number of carbonyl (C=O) groups is 1. The van der Waals surface area contributed by atoms with Crippen molar-refractivity contribution in [1.29, 1.82) is 0 Å². The fourth-order valence-corrected chi connectivity index (χ4v) is 3.33. The molecule has 3 unspecified atom stereocenters. The lowest BCUT2D eigenvalue weighted by atomic mass is 10.1. The Bertz CT molecular complexity index is 566. The molecule has 1 rings (SSSR count). The van der Waals surface area contributed by atoms with Crippen LogP contribution in [-0.2, 0) is 10.5 Å². The van der Waals surface area contributed by atoms with Crippen LogP contribution in [0, 0.1) is 5.92 Å². The first-order chi connectivity index (χ1) is 11.4. The summed E-state index contributed by atoms with van der Waals surface area (Å²) in [5.74, 6) is 1.06. The third-order valence-electron chi connectivity index (χ3n) is 4.17. The van der Waals surface area contributed by atoms with Gasteiger partial charge in [0.25, 0.3) is 0 Å². The van der Waals surface area contributed by atoms with Gasteiger partial charge in [-0.15, -0.1) is 0 Å². The fraction of sp³-hybridized carbons (Fsp3) is 0.579. The van der Waals surface area contributed by atoms with Gasteiger partial charge in [0.15, 0.2) is 5.69 Å². The zero-order chi connectivity index (χ0) is 18.1. The third kappa shape index (κ3) is 5.86. The molecule has 0 aliphatic rings. The summed E-state index contributed by atoms with van der Waals surface area (Å²) in [6.07, 6.45) is 8.72. The first kappa shape index (κ1) is 20.6. The summed E-state index contributed by atoms with van der Waals surface area (Å²) < 4.78 is 6.98. The molecular formula is C19H30N2O2S. The molecule has 0 aromatic carbocycles. The normalized spacial score (nSPS) is 15.2. The molecular weight excluding hydrogens is 320 g/mol. The van der Waals surface area contributed by atoms with Crippen LogP contribution in [-0.4, -0.2) is 27.6 Å². The van der Waals surface area contributed by atoms with E-state index < -0.39 is 0 Å². The van der Waals surface area contributed by atoms with Gasteiger partial charge in [-0.2, -0.15) is 16.9 Å². The highest BCUT2D eigenvalue weighted by Crippen LogP contribution is 2.27. The Morgan fingerprint density at radius 2 is 2.12 bits per heavy atom. The van der Waals surface area contributed by atoms with Crippen LogP contribution in [0.2, 0.25) is 0 Å². The number of esters is 1. The number of nitrogens with zero attached hydrogens (tertiary/aromatic N) is 2. The van der Waals surface area contributed by atoms with E-state index >= 15 is 0 Å². The van der Waals surface area contributed by atoms with Crippen molar-refractivity contribution >= 4 is 17.7 Å². The van der Waals surface area contributed by atoms with Crippen molar-refractivity contribution in [2.24, 2.45) is 5.92 Å². The number of allylic oxidation sites excluding steroid dienone is 3. The first-order valence-corrected chi connectivity index (χ1v) is 9.65. The van der Waals surface area contributed by atoms with Crippen LogP contribution < -0.4 is 0 Å². The van der Waals surface area contributed by atoms with E-state index in [1.165, 1.54) is 0 Å². The van der Waals surface area contributed by atoms with Crippen LogP contribution >= 0.6 is 11.8 Å². The van der Waals surface area contributed by atoms with Crippen molar-refractivity contribution in [2.75, 3.05) is 6.61 Å². The smallest absolute Gasteiger partial charge is 0.359 e. The van der Waals surface area contributed by atoms with Crippen LogP contribution in [0.15, 0.2) is 31.0 Å². The molecule has 0 radical (unpaired) electrons. The second-order valence-corrected chi connectivity index (χ2v) is 7.33. The minimum absolute atomic E-state index is 0.0573. The molecule has 0 fully saturated rings. The Morgan fingerprint density at radius 1 is 1.42 bits per heavy atom. The first-order valence-electron chi connectivity index (χ1n) is 8.60. The second kappa shape index (κ2) is 10.4. The zero-order valence-electron chi connectivity index (χ0n) is 15.5. The molecule has 1 aromatic heterocycles. The molecule has 0 N–H and O–H groups in total. The molecule has 0 aliphatic carbocycles. The number of aromatic nitrogens is 2. The second-order valence-electron chi connectivity index (χ2n) is 5.97. The summed E-state index contributed by atoms with van der Waals surface area (Å²) in [5, 5.41) is 5.00. The van der Waals surface area contributed by atoms with Crippen LogP contribution in [0.3, 0.4) is 0 Å². The molecule has 0 amide bonds. The highest BCUT2D eigenvalue weighted by molar-refractivity contribution is 7.99. The standard InChI is InChI=1S/C19H30N2O2S/c1-7-10-11-15(5)21-12-17(13-24-16(6)14(4)8-2)18(20-21)19(22)23-9-3/h7,10-12,14-16H,1,8-9,13H2,2-6H3. The van der Waals surface area contributed by atoms with Crippen molar-refractivity contribution < 1.29 is 9.53 Å². The topological polar surface area (TPSA) is 44.1 Å². The number of ether oxygens (including phenoxy) is 1. The van der Waals surface area contributed by atoms with E-state index in [9.17, 15) is 4.79 Å². The summed E-state index contributed by atoms with van der Waals surface area (Å²) in [7, 11) is 0. The number of hydrogen-bond acceptors (Lipinski definition) is 4. The highest BCUT2D eigenvalue weighted by atomic mass is 32.2. The molecule has 0 bridgehead atoms. The Kier molecular flexibility index (Phi) is 8.90. The van der Waals surface area contributed by atoms with Crippen LogP contribution in [0.5, 0.6) is 0 Å². The Balaban J connectivity index is 2.98. The van der Waals surface area contributed by atoms with Crippen molar-refractivity contribution in [3.63, 3.8) is 0 Å². The summed E-state index contributed by atoms with van der Waals surface area (Å²) in [6, 6.07) is 0.0573. The van der Waals surface area contributed by atoms with E-state index in [2.05, 4.69) is 32.4 Å². The number of thioether (sulfide) groups is 1. The summed E-state index contributed by atoms with van der Waals surface area (Å²) in [6.45, 7) is 14.6. The van der Waals surface area contributed by atoms with Gasteiger partial charge in [-0.3, -0.25) is 4.68 Å². The number of rotatable bonds is 10. The maximum atomic E-state index is 12.2. The number of carbonyl (C=O) groups excluding carboxylic acids is 1. The maximum Gasteiger partial charge on any atom is 0.359 e. The SMILES string of the molecule is C=CC=CC(C)n1cc(CSC(C)C(C)CC)c(C(=O)OCC)n1. The maximum absolute atomic E-state index is 12.2. The van der Waals surface area contributed by atoms with Gasteiger partial charge in [-0.1, -0.05) is 52.0 Å². The van der Waals surface area contributed by atoms with Crippen molar-refractivity contribution in [3.8, 4) is 0 Å². The molecule has 0 spiro atoms. The molecule has 4 nitrogen and oxygen atoms in total. The minimum atomic E-state index is -0.344. The average Bonchev–Trinajstić information content (AvgIpc) is 3.01. The summed E-state index contributed by atoms with van der Waals surface area (Å²) in [4.78, 5) is 12.2. The summed E-state index contributed by atoms with van der Waals surface area (Å²) in [5.41, 5.74) is 1.37. The minimum Gasteiger partial charge on any atom is -0.461 e. The van der Waals surface area contributed by atoms with Crippen molar-refractivity contribution in [3.05, 3.63) is 42.3 Å². The van der Waals surface area contributed by atoms with Gasteiger partial charge in [0.05, 0.1) is 12.6 Å². The van der Waals surface area contributed by atoms with Crippen LogP contribution in [0.1, 0.15) is 63.1 Å². The Labute approximate surface area is 150 Å². The van der Waals surface area contributed by atoms with Crippen LogP contribution in [0.25, 0.3) is 0 Å². The molecule has 0 saturated carbocycles. The van der Waals surface area contributed by atoms with E-state index in [0.29, 0.717) is 23.5 Å². The quantitative estimate of drug-likeness (QED) is 0.438. The van der Waals surface area contributed by atoms with E-state index in [-0.39, 0.29) is 12.0 Å². The molecule has 3 atom stereocenters. The Hall–Kier alpha value is -1.49. The summed E-state index contributed by atoms with van der Waals surface area (Å²) >= 11 is 1.86. The van der Waals surface area contributed by atoms with Gasteiger partial charge in [0, 0.05) is 22.8 Å². The monoisotopic (exact) mass is 350 g/mol. The molecule has 0 saturated heterocycles. The molecule has 5 heteroatoms. The van der Waals surface area contributed by atoms with Gasteiger partial charge >= 0.3 is 5.97 Å². The average molecular weight is 351 g/mol. The van der Waals surface area contributed by atoms with E-state index in [1.54, 1.807) is 6.08 Å². The Morgan fingerprint density at radius 3 is 2.71 bits per heavy atom. The predicted molar refractivity (Wildman–Crippen MR) is 102 cm³/mol. The van der Waals surface area contributed by atoms with Gasteiger partial charge in [-0.05, 0) is 19.8 Å². The van der Waals surface area contributed by atoms with Crippen molar-refractivity contribution in [1.82, 2.24) is 9.78 Å². The largest absolute Gasteiger partial charge is 0.461 e. The molecule has 1 heterocycles. The third-order valence-corrected chi connectivity index (χ3v) is 5.63. The lowest BCUT2D eigenvalue weighted by Gasteiger charge is -2.17. The van der Waals surface area contributed by atoms with Gasteiger partial charge in [0.2, 0.25) is 0 Å².